The molecule has 0 spiro atoms. The third-order valence-electron chi connectivity index (χ3n) is 4.71. The molecule has 6 nitrogen and oxygen atoms in total. The average Bonchev–Trinajstić information content (AvgIpc) is 3.14. The van der Waals surface area contributed by atoms with E-state index in [9.17, 15) is 9.59 Å². The third-order valence-corrected chi connectivity index (χ3v) is 5.68. The number of hydrogen-bond acceptors (Lipinski definition) is 4. The lowest BCUT2D eigenvalue weighted by atomic mass is 10.0. The van der Waals surface area contributed by atoms with Gasteiger partial charge in [0, 0.05) is 35.9 Å². The molecular formula is C22H22N4O2S. The minimum Gasteiger partial charge on any atom is -0.326 e. The summed E-state index contributed by atoms with van der Waals surface area (Å²) in [6.07, 6.45) is 4.82. The zero-order valence-corrected chi connectivity index (χ0v) is 17.2. The number of imidazole rings is 1. The molecule has 2 amide bonds. The molecule has 2 heterocycles. The largest absolute Gasteiger partial charge is 0.326 e. The lowest BCUT2D eigenvalue weighted by molar-refractivity contribution is -0.116. The van der Waals surface area contributed by atoms with Crippen molar-refractivity contribution in [2.24, 2.45) is 0 Å². The molecule has 1 aliphatic rings. The number of anilines is 2. The second-order valence-electron chi connectivity index (χ2n) is 7.18. The number of aromatic nitrogens is 2. The van der Waals surface area contributed by atoms with Crippen molar-refractivity contribution in [1.29, 1.82) is 0 Å². The zero-order chi connectivity index (χ0) is 20.4. The van der Waals surface area contributed by atoms with Crippen molar-refractivity contribution in [2.45, 2.75) is 31.8 Å². The quantitative estimate of drug-likeness (QED) is 0.626. The Hall–Kier alpha value is -3.06. The van der Waals surface area contributed by atoms with E-state index in [0.29, 0.717) is 12.8 Å². The summed E-state index contributed by atoms with van der Waals surface area (Å²) in [4.78, 5) is 28.3. The van der Waals surface area contributed by atoms with Gasteiger partial charge in [-0.2, -0.15) is 0 Å². The van der Waals surface area contributed by atoms with Crippen molar-refractivity contribution in [2.75, 3.05) is 16.4 Å². The summed E-state index contributed by atoms with van der Waals surface area (Å²) < 4.78 is 2.00. The molecular weight excluding hydrogens is 384 g/mol. The van der Waals surface area contributed by atoms with Crippen LogP contribution in [0.15, 0.2) is 53.9 Å². The van der Waals surface area contributed by atoms with Gasteiger partial charge in [-0.05, 0) is 67.3 Å². The van der Waals surface area contributed by atoms with E-state index < -0.39 is 0 Å². The van der Waals surface area contributed by atoms with Crippen molar-refractivity contribution in [3.05, 3.63) is 65.5 Å². The molecule has 0 bridgehead atoms. The molecule has 1 aliphatic heterocycles. The maximum absolute atomic E-state index is 12.4. The van der Waals surface area contributed by atoms with Crippen molar-refractivity contribution in [3.63, 3.8) is 0 Å². The number of aryl methyl sites for hydroxylation is 3. The molecule has 3 aromatic rings. The van der Waals surface area contributed by atoms with Crippen LogP contribution >= 0.6 is 11.8 Å². The van der Waals surface area contributed by atoms with Gasteiger partial charge < -0.3 is 10.6 Å². The lowest BCUT2D eigenvalue weighted by Gasteiger charge is -2.17. The topological polar surface area (TPSA) is 76.0 Å². The highest BCUT2D eigenvalue weighted by Crippen LogP contribution is 2.26. The number of amides is 2. The molecule has 4 rings (SSSR count). The van der Waals surface area contributed by atoms with Gasteiger partial charge in [0.25, 0.3) is 0 Å². The predicted octanol–water partition coefficient (Wildman–Crippen LogP) is 4.10. The number of hydrogen-bond donors (Lipinski definition) is 2. The van der Waals surface area contributed by atoms with E-state index in [0.717, 1.165) is 27.8 Å². The van der Waals surface area contributed by atoms with Crippen LogP contribution in [0, 0.1) is 13.8 Å². The van der Waals surface area contributed by atoms with Gasteiger partial charge >= 0.3 is 0 Å². The SMILES string of the molecule is Cc1cc(C)cc(-n2ccnc2SCC(=O)Nc2ccc3c(c2)CCC(=O)N3)c1. The van der Waals surface area contributed by atoms with Crippen molar-refractivity contribution < 1.29 is 9.59 Å². The van der Waals surface area contributed by atoms with Gasteiger partial charge in [0.15, 0.2) is 5.16 Å². The third kappa shape index (κ3) is 4.51. The number of benzene rings is 2. The average molecular weight is 407 g/mol. The molecule has 0 radical (unpaired) electrons. The highest BCUT2D eigenvalue weighted by molar-refractivity contribution is 7.99. The van der Waals surface area contributed by atoms with Crippen molar-refractivity contribution in [1.82, 2.24) is 9.55 Å². The molecule has 0 unspecified atom stereocenters. The van der Waals surface area contributed by atoms with E-state index in [1.54, 1.807) is 6.20 Å². The minimum absolute atomic E-state index is 0.0324. The first-order valence-corrected chi connectivity index (χ1v) is 10.4. The van der Waals surface area contributed by atoms with Crippen LogP contribution in [0.5, 0.6) is 0 Å². The van der Waals surface area contributed by atoms with Crippen LogP contribution < -0.4 is 10.6 Å². The van der Waals surface area contributed by atoms with Crippen LogP contribution in [0.2, 0.25) is 0 Å². The molecule has 2 N–H and O–H groups in total. The Kier molecular flexibility index (Phi) is 5.40. The Morgan fingerprint density at radius 2 is 1.97 bits per heavy atom. The highest BCUT2D eigenvalue weighted by Gasteiger charge is 2.16. The molecule has 1 aromatic heterocycles. The first kappa shape index (κ1) is 19.3. The van der Waals surface area contributed by atoms with Crippen LogP contribution in [0.4, 0.5) is 11.4 Å². The van der Waals surface area contributed by atoms with Crippen LogP contribution in [0.1, 0.15) is 23.1 Å². The number of nitrogens with one attached hydrogen (secondary N) is 2. The standard InChI is InChI=1S/C22H22N4O2S/c1-14-9-15(2)11-18(10-14)26-8-7-23-22(26)29-13-21(28)24-17-4-5-19-16(12-17)3-6-20(27)25-19/h4-5,7-12H,3,6,13H2,1-2H3,(H,24,28)(H,25,27). The van der Waals surface area contributed by atoms with Gasteiger partial charge in [0.1, 0.15) is 0 Å². The van der Waals surface area contributed by atoms with E-state index in [1.807, 2.05) is 29.0 Å². The van der Waals surface area contributed by atoms with E-state index in [2.05, 4.69) is 47.7 Å². The van der Waals surface area contributed by atoms with Crippen LogP contribution in [0.3, 0.4) is 0 Å². The highest BCUT2D eigenvalue weighted by atomic mass is 32.2. The monoisotopic (exact) mass is 406 g/mol. The second kappa shape index (κ2) is 8.13. The zero-order valence-electron chi connectivity index (χ0n) is 16.4. The first-order chi connectivity index (χ1) is 14.0. The van der Waals surface area contributed by atoms with Gasteiger partial charge in [-0.1, -0.05) is 17.8 Å². The Labute approximate surface area is 173 Å². The maximum Gasteiger partial charge on any atom is 0.234 e. The Bertz CT molecular complexity index is 1070. The lowest BCUT2D eigenvalue weighted by Crippen LogP contribution is -2.20. The van der Waals surface area contributed by atoms with Crippen LogP contribution in [0.25, 0.3) is 5.69 Å². The van der Waals surface area contributed by atoms with Crippen LogP contribution in [-0.2, 0) is 16.0 Å². The number of carbonyl (C=O) groups is 2. The van der Waals surface area contributed by atoms with E-state index in [1.165, 1.54) is 22.9 Å². The van der Waals surface area contributed by atoms with Gasteiger partial charge in [-0.25, -0.2) is 4.98 Å². The normalized spacial score (nSPS) is 13.0. The van der Waals surface area contributed by atoms with E-state index >= 15 is 0 Å². The molecule has 0 aliphatic carbocycles. The van der Waals surface area contributed by atoms with Gasteiger partial charge in [-0.3, -0.25) is 14.2 Å². The number of nitrogens with zero attached hydrogens (tertiary/aromatic N) is 2. The molecule has 0 atom stereocenters. The fraction of sp³-hybridized carbons (Fsp3) is 0.227. The Morgan fingerprint density at radius 1 is 1.17 bits per heavy atom. The smallest absolute Gasteiger partial charge is 0.234 e. The Morgan fingerprint density at radius 3 is 2.76 bits per heavy atom. The van der Waals surface area contributed by atoms with Crippen LogP contribution in [-0.4, -0.2) is 27.1 Å². The molecule has 7 heteroatoms. The fourth-order valence-electron chi connectivity index (χ4n) is 3.47. The Balaban J connectivity index is 1.41. The number of thioether (sulfide) groups is 1. The summed E-state index contributed by atoms with van der Waals surface area (Å²) in [5.74, 6) is 0.199. The summed E-state index contributed by atoms with van der Waals surface area (Å²) in [6, 6.07) is 11.9. The molecule has 0 fully saturated rings. The number of carbonyl (C=O) groups excluding carboxylic acids is 2. The predicted molar refractivity (Wildman–Crippen MR) is 116 cm³/mol. The van der Waals surface area contributed by atoms with Gasteiger partial charge in [0.05, 0.1) is 5.75 Å². The maximum atomic E-state index is 12.4. The summed E-state index contributed by atoms with van der Waals surface area (Å²) in [5.41, 5.74) is 6.02. The fourth-order valence-corrected chi connectivity index (χ4v) is 4.24. The van der Waals surface area contributed by atoms with Gasteiger partial charge in [-0.15, -0.1) is 0 Å². The number of fused-ring (bicyclic) bond motifs is 1. The first-order valence-electron chi connectivity index (χ1n) is 9.45. The summed E-state index contributed by atoms with van der Waals surface area (Å²) in [6.45, 7) is 4.13. The van der Waals surface area contributed by atoms with E-state index in [4.69, 9.17) is 0 Å². The minimum atomic E-state index is -0.0928. The number of rotatable bonds is 5. The molecule has 2 aromatic carbocycles. The van der Waals surface area contributed by atoms with E-state index in [-0.39, 0.29) is 17.6 Å². The molecule has 148 valence electrons. The summed E-state index contributed by atoms with van der Waals surface area (Å²) in [5, 5.41) is 6.56. The molecule has 0 saturated carbocycles. The molecule has 0 saturated heterocycles. The van der Waals surface area contributed by atoms with Gasteiger partial charge in [0.2, 0.25) is 11.8 Å². The second-order valence-corrected chi connectivity index (χ2v) is 8.13. The summed E-state index contributed by atoms with van der Waals surface area (Å²) in [7, 11) is 0. The molecule has 29 heavy (non-hydrogen) atoms. The van der Waals surface area contributed by atoms with Crippen molar-refractivity contribution in [3.8, 4) is 5.69 Å². The van der Waals surface area contributed by atoms with Crippen molar-refractivity contribution >= 4 is 35.0 Å². The summed E-state index contributed by atoms with van der Waals surface area (Å²) >= 11 is 1.40.